The van der Waals surface area contributed by atoms with Crippen LogP contribution in [0.5, 0.6) is 0 Å². The van der Waals surface area contributed by atoms with Crippen LogP contribution in [0.3, 0.4) is 0 Å². The number of nitrogens with one attached hydrogen (secondary N) is 1. The van der Waals surface area contributed by atoms with Gasteiger partial charge in [0.2, 0.25) is 5.91 Å². The summed E-state index contributed by atoms with van der Waals surface area (Å²) < 4.78 is 6.46. The van der Waals surface area contributed by atoms with Crippen molar-refractivity contribution in [2.24, 2.45) is 0 Å². The lowest BCUT2D eigenvalue weighted by molar-refractivity contribution is -0.120. The van der Waals surface area contributed by atoms with Crippen molar-refractivity contribution in [3.63, 3.8) is 0 Å². The van der Waals surface area contributed by atoms with Crippen molar-refractivity contribution in [3.8, 4) is 0 Å². The second-order valence-corrected chi connectivity index (χ2v) is 5.52. The molecule has 20 heavy (non-hydrogen) atoms. The lowest BCUT2D eigenvalue weighted by Crippen LogP contribution is -2.33. The number of carbonyl (C=O) groups excluding carboxylic acids is 2. The van der Waals surface area contributed by atoms with E-state index in [9.17, 15) is 9.59 Å². The SMILES string of the molecule is O=C1CCN(C(=O)c2cc3cccc(Br)c3o2)CCN1. The Balaban J connectivity index is 1.88. The predicted octanol–water partition coefficient (Wildman–Crippen LogP) is 2.16. The average Bonchev–Trinajstić information content (AvgIpc) is 2.76. The van der Waals surface area contributed by atoms with Gasteiger partial charge in [0, 0.05) is 31.4 Å². The average molecular weight is 337 g/mol. The minimum absolute atomic E-state index is 0.0207. The van der Waals surface area contributed by atoms with E-state index in [1.54, 1.807) is 11.0 Å². The topological polar surface area (TPSA) is 62.6 Å². The highest BCUT2D eigenvalue weighted by Gasteiger charge is 2.22. The molecule has 1 aliphatic rings. The number of benzene rings is 1. The van der Waals surface area contributed by atoms with E-state index >= 15 is 0 Å². The summed E-state index contributed by atoms with van der Waals surface area (Å²) in [5, 5.41) is 3.63. The molecule has 0 bridgehead atoms. The largest absolute Gasteiger partial charge is 0.450 e. The molecule has 2 amide bonds. The van der Waals surface area contributed by atoms with Gasteiger partial charge in [-0.3, -0.25) is 9.59 Å². The number of rotatable bonds is 1. The molecule has 0 aliphatic carbocycles. The quantitative estimate of drug-likeness (QED) is 0.867. The van der Waals surface area contributed by atoms with Crippen LogP contribution >= 0.6 is 15.9 Å². The molecular weight excluding hydrogens is 324 g/mol. The van der Waals surface area contributed by atoms with E-state index in [0.29, 0.717) is 37.4 Å². The summed E-state index contributed by atoms with van der Waals surface area (Å²) >= 11 is 3.40. The highest BCUT2D eigenvalue weighted by molar-refractivity contribution is 9.10. The van der Waals surface area contributed by atoms with Crippen LogP contribution in [0, 0.1) is 0 Å². The van der Waals surface area contributed by atoms with Gasteiger partial charge in [-0.05, 0) is 28.1 Å². The van der Waals surface area contributed by atoms with Crippen LogP contribution in [0.1, 0.15) is 17.0 Å². The molecular formula is C14H13BrN2O3. The molecule has 2 aromatic rings. The van der Waals surface area contributed by atoms with Gasteiger partial charge in [-0.15, -0.1) is 0 Å². The molecule has 1 aromatic carbocycles. The van der Waals surface area contributed by atoms with E-state index in [0.717, 1.165) is 9.86 Å². The molecule has 5 nitrogen and oxygen atoms in total. The normalized spacial score (nSPS) is 16.1. The summed E-state index contributed by atoms with van der Waals surface area (Å²) in [7, 11) is 0. The van der Waals surface area contributed by atoms with E-state index in [-0.39, 0.29) is 11.8 Å². The van der Waals surface area contributed by atoms with Crippen molar-refractivity contribution in [2.75, 3.05) is 19.6 Å². The van der Waals surface area contributed by atoms with Gasteiger partial charge in [-0.2, -0.15) is 0 Å². The maximum atomic E-state index is 12.4. The first-order chi connectivity index (χ1) is 9.65. The van der Waals surface area contributed by atoms with Crippen LogP contribution in [0.2, 0.25) is 0 Å². The Morgan fingerprint density at radius 1 is 1.35 bits per heavy atom. The number of hydrogen-bond acceptors (Lipinski definition) is 3. The van der Waals surface area contributed by atoms with E-state index in [1.807, 2.05) is 18.2 Å². The van der Waals surface area contributed by atoms with Crippen LogP contribution in [0.25, 0.3) is 11.0 Å². The maximum absolute atomic E-state index is 12.4. The fraction of sp³-hybridized carbons (Fsp3) is 0.286. The van der Waals surface area contributed by atoms with E-state index < -0.39 is 0 Å². The van der Waals surface area contributed by atoms with Crippen molar-refractivity contribution in [3.05, 3.63) is 34.5 Å². The number of carbonyl (C=O) groups is 2. The molecule has 1 aromatic heterocycles. The van der Waals surface area contributed by atoms with Crippen LogP contribution in [-0.4, -0.2) is 36.3 Å². The van der Waals surface area contributed by atoms with Gasteiger partial charge >= 0.3 is 0 Å². The maximum Gasteiger partial charge on any atom is 0.289 e. The van der Waals surface area contributed by atoms with Crippen LogP contribution in [0.15, 0.2) is 33.2 Å². The standard InChI is InChI=1S/C14H13BrN2O3/c15-10-3-1-2-9-8-11(20-13(9)10)14(19)17-6-4-12(18)16-5-7-17/h1-3,8H,4-7H2,(H,16,18). The van der Waals surface area contributed by atoms with E-state index in [2.05, 4.69) is 21.2 Å². The summed E-state index contributed by atoms with van der Waals surface area (Å²) in [6.07, 6.45) is 0.329. The van der Waals surface area contributed by atoms with Gasteiger partial charge < -0.3 is 14.6 Å². The van der Waals surface area contributed by atoms with Crippen molar-refractivity contribution < 1.29 is 14.0 Å². The van der Waals surface area contributed by atoms with Gasteiger partial charge in [-0.1, -0.05) is 12.1 Å². The van der Waals surface area contributed by atoms with Crippen molar-refractivity contribution in [2.45, 2.75) is 6.42 Å². The number of hydrogen-bond donors (Lipinski definition) is 1. The first-order valence-corrected chi connectivity index (χ1v) is 7.18. The second-order valence-electron chi connectivity index (χ2n) is 4.66. The Hall–Kier alpha value is -1.82. The summed E-state index contributed by atoms with van der Waals surface area (Å²) in [4.78, 5) is 25.4. The van der Waals surface area contributed by atoms with E-state index in [1.165, 1.54) is 0 Å². The third-order valence-electron chi connectivity index (χ3n) is 3.31. The third kappa shape index (κ3) is 2.43. The molecule has 2 heterocycles. The Kier molecular flexibility index (Phi) is 3.48. The number of amides is 2. The minimum Gasteiger partial charge on any atom is -0.450 e. The predicted molar refractivity (Wildman–Crippen MR) is 77.4 cm³/mol. The molecule has 1 aliphatic heterocycles. The first kappa shape index (κ1) is 13.2. The number of furan rings is 1. The summed E-state index contributed by atoms with van der Waals surface area (Å²) in [6.45, 7) is 1.40. The van der Waals surface area contributed by atoms with Gasteiger partial charge in [0.25, 0.3) is 5.91 Å². The Morgan fingerprint density at radius 3 is 3.00 bits per heavy atom. The molecule has 0 atom stereocenters. The smallest absolute Gasteiger partial charge is 0.289 e. The molecule has 1 N–H and O–H groups in total. The molecule has 1 saturated heterocycles. The molecule has 6 heteroatoms. The molecule has 0 saturated carbocycles. The molecule has 1 fully saturated rings. The Morgan fingerprint density at radius 2 is 2.20 bits per heavy atom. The monoisotopic (exact) mass is 336 g/mol. The first-order valence-electron chi connectivity index (χ1n) is 6.39. The lowest BCUT2D eigenvalue weighted by Gasteiger charge is -2.17. The zero-order chi connectivity index (χ0) is 14.1. The Bertz CT molecular complexity index is 680. The van der Waals surface area contributed by atoms with Crippen molar-refractivity contribution >= 4 is 38.7 Å². The fourth-order valence-corrected chi connectivity index (χ4v) is 2.72. The number of para-hydroxylation sites is 1. The van der Waals surface area contributed by atoms with Crippen LogP contribution in [0.4, 0.5) is 0 Å². The zero-order valence-corrected chi connectivity index (χ0v) is 12.3. The van der Waals surface area contributed by atoms with Crippen LogP contribution < -0.4 is 5.32 Å². The highest BCUT2D eigenvalue weighted by atomic mass is 79.9. The van der Waals surface area contributed by atoms with Gasteiger partial charge in [-0.25, -0.2) is 0 Å². The molecule has 0 radical (unpaired) electrons. The molecule has 3 rings (SSSR count). The number of fused-ring (bicyclic) bond motifs is 1. The number of nitrogens with zero attached hydrogens (tertiary/aromatic N) is 1. The summed E-state index contributed by atoms with van der Waals surface area (Å²) in [5.41, 5.74) is 0.667. The highest BCUT2D eigenvalue weighted by Crippen LogP contribution is 2.27. The molecule has 104 valence electrons. The second kappa shape index (κ2) is 5.28. The van der Waals surface area contributed by atoms with Crippen LogP contribution in [-0.2, 0) is 4.79 Å². The fourth-order valence-electron chi connectivity index (χ4n) is 2.26. The van der Waals surface area contributed by atoms with Gasteiger partial charge in [0.05, 0.1) is 4.47 Å². The van der Waals surface area contributed by atoms with Crippen molar-refractivity contribution in [1.29, 1.82) is 0 Å². The van der Waals surface area contributed by atoms with Crippen molar-refractivity contribution in [1.82, 2.24) is 10.2 Å². The third-order valence-corrected chi connectivity index (χ3v) is 3.93. The summed E-state index contributed by atoms with van der Waals surface area (Å²) in [6, 6.07) is 7.40. The zero-order valence-electron chi connectivity index (χ0n) is 10.7. The summed E-state index contributed by atoms with van der Waals surface area (Å²) in [5.74, 6) is 0.110. The number of halogens is 1. The van der Waals surface area contributed by atoms with Gasteiger partial charge in [0.1, 0.15) is 5.58 Å². The lowest BCUT2D eigenvalue weighted by atomic mass is 10.2. The van der Waals surface area contributed by atoms with Gasteiger partial charge in [0.15, 0.2) is 5.76 Å². The molecule has 0 spiro atoms. The Labute approximate surface area is 124 Å². The molecule has 0 unspecified atom stereocenters. The van der Waals surface area contributed by atoms with E-state index in [4.69, 9.17) is 4.42 Å². The minimum atomic E-state index is -0.176.